The number of hydrogen-bond acceptors (Lipinski definition) is 2. The van der Waals surface area contributed by atoms with E-state index in [1.807, 2.05) is 6.07 Å². The maximum absolute atomic E-state index is 12.4. The SMILES string of the molecule is CCCCC(/C=C1\Cc2ccc(O)cc2C1=O)CCC. The van der Waals surface area contributed by atoms with Gasteiger partial charge in [-0.1, -0.05) is 45.3 Å². The number of benzene rings is 1. The van der Waals surface area contributed by atoms with E-state index in [-0.39, 0.29) is 11.5 Å². The molecule has 0 heterocycles. The van der Waals surface area contributed by atoms with Crippen LogP contribution in [0.4, 0.5) is 0 Å². The number of carbonyl (C=O) groups is 1. The fraction of sp³-hybridized carbons (Fsp3) is 0.500. The highest BCUT2D eigenvalue weighted by molar-refractivity contribution is 6.13. The molecule has 1 unspecified atom stereocenters. The van der Waals surface area contributed by atoms with E-state index < -0.39 is 0 Å². The van der Waals surface area contributed by atoms with Gasteiger partial charge in [-0.2, -0.15) is 0 Å². The zero-order valence-electron chi connectivity index (χ0n) is 12.5. The van der Waals surface area contributed by atoms with Crippen molar-refractivity contribution in [3.05, 3.63) is 41.0 Å². The summed E-state index contributed by atoms with van der Waals surface area (Å²) >= 11 is 0. The molecule has 1 aliphatic rings. The summed E-state index contributed by atoms with van der Waals surface area (Å²) in [5, 5.41) is 9.51. The normalized spacial score (nSPS) is 17.5. The highest BCUT2D eigenvalue weighted by Gasteiger charge is 2.25. The van der Waals surface area contributed by atoms with Gasteiger partial charge in [0.15, 0.2) is 5.78 Å². The van der Waals surface area contributed by atoms with Crippen molar-refractivity contribution in [1.29, 1.82) is 0 Å². The Labute approximate surface area is 121 Å². The van der Waals surface area contributed by atoms with Crippen molar-refractivity contribution in [2.45, 2.75) is 52.4 Å². The van der Waals surface area contributed by atoms with Gasteiger partial charge >= 0.3 is 0 Å². The lowest BCUT2D eigenvalue weighted by molar-refractivity contribution is 0.103. The predicted octanol–water partition coefficient (Wildman–Crippen LogP) is 4.66. The molecule has 0 bridgehead atoms. The second kappa shape index (κ2) is 6.74. The molecule has 1 aromatic rings. The molecule has 0 aromatic heterocycles. The molecule has 1 N–H and O–H groups in total. The van der Waals surface area contributed by atoms with Crippen molar-refractivity contribution in [3.8, 4) is 5.75 Å². The monoisotopic (exact) mass is 272 g/mol. The van der Waals surface area contributed by atoms with Gasteiger partial charge in [-0.25, -0.2) is 0 Å². The molecule has 0 saturated carbocycles. The largest absolute Gasteiger partial charge is 0.508 e. The zero-order valence-corrected chi connectivity index (χ0v) is 12.5. The number of fused-ring (bicyclic) bond motifs is 1. The number of Topliss-reactive ketones (excluding diaryl/α,β-unsaturated/α-hetero) is 1. The zero-order chi connectivity index (χ0) is 14.5. The van der Waals surface area contributed by atoms with E-state index in [4.69, 9.17) is 0 Å². The van der Waals surface area contributed by atoms with Crippen molar-refractivity contribution < 1.29 is 9.90 Å². The number of rotatable bonds is 6. The maximum Gasteiger partial charge on any atom is 0.189 e. The highest BCUT2D eigenvalue weighted by Crippen LogP contribution is 2.31. The van der Waals surface area contributed by atoms with Crippen molar-refractivity contribution in [2.75, 3.05) is 0 Å². The van der Waals surface area contributed by atoms with Gasteiger partial charge in [0.05, 0.1) is 0 Å². The average molecular weight is 272 g/mol. The van der Waals surface area contributed by atoms with Crippen LogP contribution in [-0.4, -0.2) is 10.9 Å². The third-order valence-electron chi connectivity index (χ3n) is 4.04. The Bertz CT molecular complexity index is 514. The molecule has 108 valence electrons. The number of ketones is 1. The lowest BCUT2D eigenvalue weighted by Crippen LogP contribution is -2.02. The third kappa shape index (κ3) is 3.30. The minimum atomic E-state index is 0.105. The number of hydrogen-bond donors (Lipinski definition) is 1. The first-order valence-electron chi connectivity index (χ1n) is 7.73. The molecule has 0 spiro atoms. The first-order valence-corrected chi connectivity index (χ1v) is 7.73. The quantitative estimate of drug-likeness (QED) is 0.764. The van der Waals surface area contributed by atoms with E-state index >= 15 is 0 Å². The van der Waals surface area contributed by atoms with Crippen LogP contribution in [0, 0.1) is 5.92 Å². The fourth-order valence-electron chi connectivity index (χ4n) is 2.96. The minimum absolute atomic E-state index is 0.105. The summed E-state index contributed by atoms with van der Waals surface area (Å²) in [5.41, 5.74) is 2.65. The van der Waals surface area contributed by atoms with Gasteiger partial charge in [-0.15, -0.1) is 0 Å². The van der Waals surface area contributed by atoms with Crippen LogP contribution in [0.5, 0.6) is 5.75 Å². The van der Waals surface area contributed by atoms with E-state index in [9.17, 15) is 9.90 Å². The Morgan fingerprint density at radius 1 is 1.25 bits per heavy atom. The molecule has 20 heavy (non-hydrogen) atoms. The summed E-state index contributed by atoms with van der Waals surface area (Å²) in [6.45, 7) is 4.40. The maximum atomic E-state index is 12.4. The number of phenols is 1. The second-order valence-corrected chi connectivity index (χ2v) is 5.73. The second-order valence-electron chi connectivity index (χ2n) is 5.73. The van der Waals surface area contributed by atoms with Gasteiger partial charge in [-0.3, -0.25) is 4.79 Å². The summed E-state index contributed by atoms with van der Waals surface area (Å²) in [4.78, 5) is 12.4. The molecule has 0 saturated heterocycles. The van der Waals surface area contributed by atoms with Crippen LogP contribution in [-0.2, 0) is 6.42 Å². The summed E-state index contributed by atoms with van der Waals surface area (Å²) in [6, 6.07) is 5.12. The molecule has 0 fully saturated rings. The average Bonchev–Trinajstić information content (AvgIpc) is 2.73. The van der Waals surface area contributed by atoms with E-state index in [0.29, 0.717) is 11.5 Å². The number of unbranched alkanes of at least 4 members (excludes halogenated alkanes) is 1. The van der Waals surface area contributed by atoms with Crippen LogP contribution in [0.2, 0.25) is 0 Å². The molecule has 0 aliphatic heterocycles. The summed E-state index contributed by atoms with van der Waals surface area (Å²) in [7, 11) is 0. The van der Waals surface area contributed by atoms with Crippen LogP contribution < -0.4 is 0 Å². The minimum Gasteiger partial charge on any atom is -0.508 e. The first kappa shape index (κ1) is 14.8. The standard InChI is InChI=1S/C18H24O2/c1-3-5-7-13(6-4-2)10-15-11-14-8-9-16(19)12-17(14)18(15)20/h8-10,12-13,19H,3-7,11H2,1-2H3/b15-10+. The molecular formula is C18H24O2. The van der Waals surface area contributed by atoms with Crippen LogP contribution in [0.25, 0.3) is 0 Å². The fourth-order valence-corrected chi connectivity index (χ4v) is 2.96. The summed E-state index contributed by atoms with van der Waals surface area (Å²) in [6.07, 6.45) is 8.81. The lowest BCUT2D eigenvalue weighted by atomic mass is 9.93. The van der Waals surface area contributed by atoms with Crippen LogP contribution in [0.3, 0.4) is 0 Å². The smallest absolute Gasteiger partial charge is 0.189 e. The number of carbonyl (C=O) groups excluding carboxylic acids is 1. The molecule has 0 amide bonds. The molecule has 2 nitrogen and oxygen atoms in total. The Hall–Kier alpha value is -1.57. The van der Waals surface area contributed by atoms with Gasteiger partial charge in [0, 0.05) is 17.6 Å². The van der Waals surface area contributed by atoms with Crippen molar-refractivity contribution in [2.24, 2.45) is 5.92 Å². The number of phenolic OH excluding ortho intramolecular Hbond substituents is 1. The Morgan fingerprint density at radius 2 is 2.05 bits per heavy atom. The van der Waals surface area contributed by atoms with Gasteiger partial charge in [0.25, 0.3) is 0 Å². The van der Waals surface area contributed by atoms with E-state index in [2.05, 4.69) is 19.9 Å². The van der Waals surface area contributed by atoms with Crippen molar-refractivity contribution >= 4 is 5.78 Å². The lowest BCUT2D eigenvalue weighted by Gasteiger charge is -2.11. The molecule has 2 heteroatoms. The Balaban J connectivity index is 2.17. The van der Waals surface area contributed by atoms with E-state index in [0.717, 1.165) is 30.4 Å². The Kier molecular flexibility index (Phi) is 4.99. The van der Waals surface area contributed by atoms with Crippen LogP contribution in [0.15, 0.2) is 29.8 Å². The van der Waals surface area contributed by atoms with E-state index in [1.54, 1.807) is 12.1 Å². The first-order chi connectivity index (χ1) is 9.65. The molecule has 0 radical (unpaired) electrons. The predicted molar refractivity (Wildman–Crippen MR) is 82.1 cm³/mol. The van der Waals surface area contributed by atoms with E-state index in [1.165, 1.54) is 19.3 Å². The van der Waals surface area contributed by atoms with Crippen molar-refractivity contribution in [1.82, 2.24) is 0 Å². The van der Waals surface area contributed by atoms with Gasteiger partial charge in [0.2, 0.25) is 0 Å². The topological polar surface area (TPSA) is 37.3 Å². The highest BCUT2D eigenvalue weighted by atomic mass is 16.3. The summed E-state index contributed by atoms with van der Waals surface area (Å²) in [5.74, 6) is 0.796. The molecule has 1 aliphatic carbocycles. The molecule has 2 rings (SSSR count). The molecule has 1 aromatic carbocycles. The van der Waals surface area contributed by atoms with Crippen LogP contribution >= 0.6 is 0 Å². The van der Waals surface area contributed by atoms with Crippen molar-refractivity contribution in [3.63, 3.8) is 0 Å². The molecular weight excluding hydrogens is 248 g/mol. The number of aromatic hydroxyl groups is 1. The van der Waals surface area contributed by atoms with Gasteiger partial charge in [0.1, 0.15) is 5.75 Å². The Morgan fingerprint density at radius 3 is 2.75 bits per heavy atom. The number of allylic oxidation sites excluding steroid dienone is 2. The summed E-state index contributed by atoms with van der Waals surface area (Å²) < 4.78 is 0. The van der Waals surface area contributed by atoms with Crippen LogP contribution in [0.1, 0.15) is 61.9 Å². The van der Waals surface area contributed by atoms with Gasteiger partial charge in [-0.05, 0) is 36.5 Å². The van der Waals surface area contributed by atoms with Gasteiger partial charge < -0.3 is 5.11 Å². The third-order valence-corrected chi connectivity index (χ3v) is 4.04. The molecule has 1 atom stereocenters.